The minimum atomic E-state index is -0.228. The number of benzene rings is 2. The molecule has 0 saturated carbocycles. The van der Waals surface area contributed by atoms with E-state index < -0.39 is 0 Å². The maximum atomic E-state index is 13.2. The van der Waals surface area contributed by atoms with Crippen LogP contribution in [0.1, 0.15) is 34.5 Å². The van der Waals surface area contributed by atoms with E-state index in [9.17, 15) is 9.59 Å². The van der Waals surface area contributed by atoms with E-state index in [1.807, 2.05) is 61.2 Å². The third-order valence-electron chi connectivity index (χ3n) is 5.92. The minimum Gasteiger partial charge on any atom is -0.349 e. The first-order chi connectivity index (χ1) is 14.9. The van der Waals surface area contributed by atoms with Gasteiger partial charge < -0.3 is 20.5 Å². The third-order valence-corrected chi connectivity index (χ3v) is 6.24. The van der Waals surface area contributed by atoms with Gasteiger partial charge in [-0.3, -0.25) is 4.79 Å². The van der Waals surface area contributed by atoms with Crippen LogP contribution in [0.4, 0.5) is 10.5 Å². The Labute approximate surface area is 187 Å². The highest BCUT2D eigenvalue weighted by Gasteiger charge is 2.27. The average molecular weight is 439 g/mol. The third kappa shape index (κ3) is 4.69. The minimum absolute atomic E-state index is 0.0152. The lowest BCUT2D eigenvalue weighted by Crippen LogP contribution is -2.44. The summed E-state index contributed by atoms with van der Waals surface area (Å²) in [5, 5.41) is 7.37. The number of carbonyl (C=O) groups is 2. The van der Waals surface area contributed by atoms with Crippen molar-refractivity contribution in [2.24, 2.45) is 5.92 Å². The normalized spacial score (nSPS) is 16.4. The van der Waals surface area contributed by atoms with Gasteiger partial charge in [-0.05, 0) is 56.4 Å². The summed E-state index contributed by atoms with van der Waals surface area (Å²) in [5.74, 6) is 0.202. The van der Waals surface area contributed by atoms with Crippen LogP contribution in [0.2, 0.25) is 5.02 Å². The molecule has 4 rings (SSSR count). The number of likely N-dealkylation sites (tertiary alicyclic amines) is 1. The lowest BCUT2D eigenvalue weighted by Gasteiger charge is -2.32. The van der Waals surface area contributed by atoms with E-state index in [2.05, 4.69) is 15.6 Å². The van der Waals surface area contributed by atoms with Crippen LogP contribution in [0.5, 0.6) is 0 Å². The maximum Gasteiger partial charge on any atom is 0.319 e. The zero-order valence-electron chi connectivity index (χ0n) is 17.8. The number of anilines is 1. The van der Waals surface area contributed by atoms with Gasteiger partial charge in [0.05, 0.1) is 10.5 Å². The Kier molecular flexibility index (Phi) is 6.18. The second-order valence-corrected chi connectivity index (χ2v) is 8.66. The number of nitrogens with zero attached hydrogens (tertiary/aromatic N) is 1. The fourth-order valence-electron chi connectivity index (χ4n) is 4.15. The molecule has 0 aliphatic carbocycles. The van der Waals surface area contributed by atoms with Crippen molar-refractivity contribution in [3.05, 3.63) is 64.3 Å². The number of aromatic amines is 1. The molecule has 2 heterocycles. The van der Waals surface area contributed by atoms with Crippen molar-refractivity contribution in [3.63, 3.8) is 0 Å². The lowest BCUT2D eigenvalue weighted by molar-refractivity contribution is 0.0669. The molecule has 1 aliphatic heterocycles. The Bertz CT molecular complexity index is 1110. The Morgan fingerprint density at radius 3 is 2.68 bits per heavy atom. The van der Waals surface area contributed by atoms with E-state index in [1.54, 1.807) is 0 Å². The first-order valence-corrected chi connectivity index (χ1v) is 11.0. The Hall–Kier alpha value is -2.99. The SMILES string of the molecule is Cc1ccc(NC(=O)NCC2CCCN(C(=O)c3[nH]c4c(Cl)cccc4c3C)C2)cc1. The van der Waals surface area contributed by atoms with Gasteiger partial charge in [-0.2, -0.15) is 0 Å². The number of aromatic nitrogens is 1. The first-order valence-electron chi connectivity index (χ1n) is 10.6. The maximum absolute atomic E-state index is 13.2. The quantitative estimate of drug-likeness (QED) is 0.529. The lowest BCUT2D eigenvalue weighted by atomic mass is 9.97. The molecule has 1 fully saturated rings. The van der Waals surface area contributed by atoms with Crippen LogP contribution < -0.4 is 10.6 Å². The van der Waals surface area contributed by atoms with Crippen LogP contribution >= 0.6 is 11.6 Å². The number of amides is 3. The monoisotopic (exact) mass is 438 g/mol. The van der Waals surface area contributed by atoms with Crippen LogP contribution in [0.3, 0.4) is 0 Å². The number of para-hydroxylation sites is 1. The van der Waals surface area contributed by atoms with Crippen molar-refractivity contribution >= 4 is 40.1 Å². The van der Waals surface area contributed by atoms with Gasteiger partial charge in [-0.25, -0.2) is 4.79 Å². The number of rotatable bonds is 4. The fourth-order valence-corrected chi connectivity index (χ4v) is 4.38. The highest BCUT2D eigenvalue weighted by Crippen LogP contribution is 2.29. The molecular weight excluding hydrogens is 412 g/mol. The van der Waals surface area contributed by atoms with Gasteiger partial charge in [0, 0.05) is 30.7 Å². The number of piperidine rings is 1. The Balaban J connectivity index is 1.36. The van der Waals surface area contributed by atoms with Crippen LogP contribution in [-0.2, 0) is 0 Å². The van der Waals surface area contributed by atoms with Crippen LogP contribution in [0.25, 0.3) is 10.9 Å². The largest absolute Gasteiger partial charge is 0.349 e. The van der Waals surface area contributed by atoms with Crippen molar-refractivity contribution in [2.45, 2.75) is 26.7 Å². The molecular formula is C24H27ClN4O2. The standard InChI is InChI=1S/C24H27ClN4O2/c1-15-8-10-18(11-9-15)27-24(31)26-13-17-5-4-12-29(14-17)23(30)21-16(2)19-6-3-7-20(25)22(19)28-21/h3,6-11,17,28H,4-5,12-14H2,1-2H3,(H2,26,27,31). The first kappa shape index (κ1) is 21.2. The molecule has 31 heavy (non-hydrogen) atoms. The number of hydrogen-bond acceptors (Lipinski definition) is 2. The molecule has 1 aromatic heterocycles. The number of urea groups is 1. The predicted octanol–water partition coefficient (Wildman–Crippen LogP) is 5.11. The Morgan fingerprint density at radius 1 is 1.16 bits per heavy atom. The van der Waals surface area contributed by atoms with E-state index in [1.165, 1.54) is 0 Å². The van der Waals surface area contributed by atoms with E-state index in [0.717, 1.165) is 40.6 Å². The number of nitrogens with one attached hydrogen (secondary N) is 3. The number of fused-ring (bicyclic) bond motifs is 1. The van der Waals surface area contributed by atoms with E-state index in [0.29, 0.717) is 30.4 Å². The van der Waals surface area contributed by atoms with Crippen molar-refractivity contribution in [1.29, 1.82) is 0 Å². The molecule has 3 amide bonds. The Morgan fingerprint density at radius 2 is 1.94 bits per heavy atom. The van der Waals surface area contributed by atoms with Crippen LogP contribution in [0.15, 0.2) is 42.5 Å². The smallest absolute Gasteiger partial charge is 0.319 e. The number of halogens is 1. The number of aryl methyl sites for hydroxylation is 2. The number of carbonyl (C=O) groups excluding carboxylic acids is 2. The summed E-state index contributed by atoms with van der Waals surface area (Å²) < 4.78 is 0. The number of hydrogen-bond donors (Lipinski definition) is 3. The summed E-state index contributed by atoms with van der Waals surface area (Å²) in [6.45, 7) is 5.81. The molecule has 6 nitrogen and oxygen atoms in total. The zero-order valence-corrected chi connectivity index (χ0v) is 18.6. The predicted molar refractivity (Wildman–Crippen MR) is 125 cm³/mol. The van der Waals surface area contributed by atoms with Gasteiger partial charge in [0.2, 0.25) is 0 Å². The van der Waals surface area contributed by atoms with Gasteiger partial charge in [-0.1, -0.05) is 41.4 Å². The number of H-pyrrole nitrogens is 1. The second-order valence-electron chi connectivity index (χ2n) is 8.25. The molecule has 1 unspecified atom stereocenters. The molecule has 162 valence electrons. The topological polar surface area (TPSA) is 77.2 Å². The molecule has 1 atom stereocenters. The van der Waals surface area contributed by atoms with E-state index in [-0.39, 0.29) is 17.9 Å². The molecule has 3 aromatic rings. The molecule has 1 aliphatic rings. The van der Waals surface area contributed by atoms with Crippen molar-refractivity contribution < 1.29 is 9.59 Å². The molecule has 0 radical (unpaired) electrons. The van der Waals surface area contributed by atoms with Crippen molar-refractivity contribution in [1.82, 2.24) is 15.2 Å². The van der Waals surface area contributed by atoms with E-state index in [4.69, 9.17) is 11.6 Å². The van der Waals surface area contributed by atoms with Gasteiger partial charge in [0.1, 0.15) is 5.69 Å². The van der Waals surface area contributed by atoms with Crippen LogP contribution in [-0.4, -0.2) is 41.5 Å². The molecule has 3 N–H and O–H groups in total. The molecule has 0 bridgehead atoms. The van der Waals surface area contributed by atoms with Gasteiger partial charge >= 0.3 is 6.03 Å². The van der Waals surface area contributed by atoms with Crippen molar-refractivity contribution in [3.8, 4) is 0 Å². The summed E-state index contributed by atoms with van der Waals surface area (Å²) in [7, 11) is 0. The molecule has 1 saturated heterocycles. The summed E-state index contributed by atoms with van der Waals surface area (Å²) in [6.07, 6.45) is 1.89. The van der Waals surface area contributed by atoms with E-state index >= 15 is 0 Å². The van der Waals surface area contributed by atoms with Crippen molar-refractivity contribution in [2.75, 3.05) is 25.0 Å². The second kappa shape index (κ2) is 9.02. The highest BCUT2D eigenvalue weighted by molar-refractivity contribution is 6.35. The molecule has 0 spiro atoms. The van der Waals surface area contributed by atoms with Gasteiger partial charge in [-0.15, -0.1) is 0 Å². The average Bonchev–Trinajstić information content (AvgIpc) is 3.11. The fraction of sp³-hybridized carbons (Fsp3) is 0.333. The highest BCUT2D eigenvalue weighted by atomic mass is 35.5. The van der Waals surface area contributed by atoms with Gasteiger partial charge in [0.15, 0.2) is 0 Å². The molecule has 2 aromatic carbocycles. The molecule has 7 heteroatoms. The van der Waals surface area contributed by atoms with Gasteiger partial charge in [0.25, 0.3) is 5.91 Å². The summed E-state index contributed by atoms with van der Waals surface area (Å²) >= 11 is 6.29. The van der Waals surface area contributed by atoms with Crippen LogP contribution in [0, 0.1) is 19.8 Å². The summed E-state index contributed by atoms with van der Waals surface area (Å²) in [5.41, 5.74) is 4.21. The summed E-state index contributed by atoms with van der Waals surface area (Å²) in [6, 6.07) is 13.1. The summed E-state index contributed by atoms with van der Waals surface area (Å²) in [4.78, 5) is 30.5. The zero-order chi connectivity index (χ0) is 22.0.